The zero-order chi connectivity index (χ0) is 12.3. The third-order valence-corrected chi connectivity index (χ3v) is 2.05. The summed E-state index contributed by atoms with van der Waals surface area (Å²) in [6.45, 7) is 0. The number of carbonyl (C=O) groups is 1. The molecule has 0 saturated carbocycles. The Bertz CT molecular complexity index is 418. The summed E-state index contributed by atoms with van der Waals surface area (Å²) in [5.41, 5.74) is -0.238. The molecule has 0 fully saturated rings. The zero-order valence-corrected chi connectivity index (χ0v) is 8.14. The van der Waals surface area contributed by atoms with Crippen LogP contribution < -0.4 is 0 Å². The Morgan fingerprint density at radius 1 is 1.25 bits per heavy atom. The van der Waals surface area contributed by atoms with Crippen LogP contribution in [0.3, 0.4) is 0 Å². The Kier molecular flexibility index (Phi) is 3.76. The smallest absolute Gasteiger partial charge is 0.303 e. The maximum Gasteiger partial charge on any atom is 0.303 e. The molecule has 0 aromatic heterocycles. The Morgan fingerprint density at radius 2 is 1.88 bits per heavy atom. The van der Waals surface area contributed by atoms with Crippen molar-refractivity contribution in [2.45, 2.75) is 19.3 Å². The highest BCUT2D eigenvalue weighted by molar-refractivity contribution is 5.66. The number of aromatic hydroxyl groups is 1. The maximum atomic E-state index is 13.2. The highest BCUT2D eigenvalue weighted by atomic mass is 19.2. The van der Waals surface area contributed by atoms with Gasteiger partial charge >= 0.3 is 5.97 Å². The highest BCUT2D eigenvalue weighted by Crippen LogP contribution is 2.26. The predicted molar refractivity (Wildman–Crippen MR) is 48.6 cm³/mol. The van der Waals surface area contributed by atoms with Gasteiger partial charge < -0.3 is 10.2 Å². The van der Waals surface area contributed by atoms with Crippen LogP contribution in [0.1, 0.15) is 18.4 Å². The number of aryl methyl sites for hydroxylation is 1. The average Bonchev–Trinajstić information content (AvgIpc) is 2.22. The number of hydrogen-bond acceptors (Lipinski definition) is 2. The van der Waals surface area contributed by atoms with Crippen LogP contribution in [0.4, 0.5) is 13.2 Å². The highest BCUT2D eigenvalue weighted by Gasteiger charge is 2.17. The summed E-state index contributed by atoms with van der Waals surface area (Å²) in [4.78, 5) is 10.2. The molecule has 0 spiro atoms. The van der Waals surface area contributed by atoms with Crippen LogP contribution in [-0.4, -0.2) is 16.2 Å². The van der Waals surface area contributed by atoms with Crippen LogP contribution in [0.15, 0.2) is 6.07 Å². The van der Waals surface area contributed by atoms with Crippen molar-refractivity contribution in [2.24, 2.45) is 0 Å². The van der Waals surface area contributed by atoms with Gasteiger partial charge in [-0.25, -0.2) is 8.78 Å². The summed E-state index contributed by atoms with van der Waals surface area (Å²) in [5.74, 6) is -6.68. The second-order valence-corrected chi connectivity index (χ2v) is 3.24. The van der Waals surface area contributed by atoms with Crippen molar-refractivity contribution < 1.29 is 28.2 Å². The molecule has 0 atom stereocenters. The fourth-order valence-electron chi connectivity index (χ4n) is 1.25. The van der Waals surface area contributed by atoms with Crippen molar-refractivity contribution in [3.63, 3.8) is 0 Å². The second-order valence-electron chi connectivity index (χ2n) is 3.24. The number of benzene rings is 1. The van der Waals surface area contributed by atoms with E-state index in [0.29, 0.717) is 6.07 Å². The number of aliphatic carboxylic acids is 1. The summed E-state index contributed by atoms with van der Waals surface area (Å²) < 4.78 is 38.6. The van der Waals surface area contributed by atoms with Crippen molar-refractivity contribution in [3.05, 3.63) is 29.1 Å². The number of hydrogen-bond donors (Lipinski definition) is 2. The molecular formula is C10H9F3O3. The lowest BCUT2D eigenvalue weighted by atomic mass is 10.1. The van der Waals surface area contributed by atoms with Crippen molar-refractivity contribution >= 4 is 5.97 Å². The van der Waals surface area contributed by atoms with Gasteiger partial charge in [0, 0.05) is 6.42 Å². The Balaban J connectivity index is 2.85. The standard InChI is InChI=1S/C10H9F3O3/c11-6-4-5(2-1-3-7(14)15)8(12)10(16)9(6)13/h4,16H,1-3H2,(H,14,15). The van der Waals surface area contributed by atoms with Crippen LogP contribution in [0, 0.1) is 17.5 Å². The average molecular weight is 234 g/mol. The number of carboxylic acid groups (broad SMARTS) is 1. The molecule has 16 heavy (non-hydrogen) atoms. The lowest BCUT2D eigenvalue weighted by molar-refractivity contribution is -0.137. The lowest BCUT2D eigenvalue weighted by Crippen LogP contribution is -2.00. The Morgan fingerprint density at radius 3 is 2.44 bits per heavy atom. The number of carboxylic acids is 1. The van der Waals surface area contributed by atoms with Crippen LogP contribution in [-0.2, 0) is 11.2 Å². The zero-order valence-electron chi connectivity index (χ0n) is 8.14. The first-order valence-corrected chi connectivity index (χ1v) is 4.50. The molecule has 6 heteroatoms. The Hall–Kier alpha value is -1.72. The minimum Gasteiger partial charge on any atom is -0.503 e. The third kappa shape index (κ3) is 2.65. The van der Waals surface area contributed by atoms with Crippen molar-refractivity contribution in [3.8, 4) is 5.75 Å². The number of phenolic OH excluding ortho intramolecular Hbond substituents is 1. The third-order valence-electron chi connectivity index (χ3n) is 2.05. The van der Waals surface area contributed by atoms with E-state index in [2.05, 4.69) is 0 Å². The summed E-state index contributed by atoms with van der Waals surface area (Å²) in [5, 5.41) is 17.2. The summed E-state index contributed by atoms with van der Waals surface area (Å²) in [6, 6.07) is 0.617. The van der Waals surface area contributed by atoms with E-state index in [0.717, 1.165) is 0 Å². The Labute approximate surface area is 89.1 Å². The molecule has 1 aromatic rings. The van der Waals surface area contributed by atoms with Gasteiger partial charge in [0.2, 0.25) is 5.82 Å². The first-order valence-electron chi connectivity index (χ1n) is 4.50. The molecule has 0 amide bonds. The van der Waals surface area contributed by atoms with Gasteiger partial charge in [0.25, 0.3) is 0 Å². The van der Waals surface area contributed by atoms with E-state index in [1.807, 2.05) is 0 Å². The monoisotopic (exact) mass is 234 g/mol. The lowest BCUT2D eigenvalue weighted by Gasteiger charge is -2.05. The largest absolute Gasteiger partial charge is 0.503 e. The molecule has 2 N–H and O–H groups in total. The maximum absolute atomic E-state index is 13.2. The molecule has 0 bridgehead atoms. The van der Waals surface area contributed by atoms with E-state index in [1.165, 1.54) is 0 Å². The molecule has 1 rings (SSSR count). The van der Waals surface area contributed by atoms with Gasteiger partial charge in [0.15, 0.2) is 17.4 Å². The quantitative estimate of drug-likeness (QED) is 0.785. The minimum absolute atomic E-state index is 0.0801. The van der Waals surface area contributed by atoms with Gasteiger partial charge in [-0.2, -0.15) is 4.39 Å². The topological polar surface area (TPSA) is 57.5 Å². The van der Waals surface area contributed by atoms with E-state index in [1.54, 1.807) is 0 Å². The van der Waals surface area contributed by atoms with Crippen molar-refractivity contribution in [1.82, 2.24) is 0 Å². The normalized spacial score (nSPS) is 10.4. The van der Waals surface area contributed by atoms with Crippen molar-refractivity contribution in [1.29, 1.82) is 0 Å². The molecule has 0 saturated heterocycles. The number of rotatable bonds is 4. The van der Waals surface area contributed by atoms with E-state index in [9.17, 15) is 18.0 Å². The van der Waals surface area contributed by atoms with Gasteiger partial charge in [-0.1, -0.05) is 0 Å². The first-order chi connectivity index (χ1) is 7.43. The van der Waals surface area contributed by atoms with Crippen LogP contribution in [0.2, 0.25) is 0 Å². The van der Waals surface area contributed by atoms with Gasteiger partial charge in [-0.3, -0.25) is 4.79 Å². The van der Waals surface area contributed by atoms with Crippen LogP contribution >= 0.6 is 0 Å². The first kappa shape index (κ1) is 12.4. The summed E-state index contributed by atoms with van der Waals surface area (Å²) in [7, 11) is 0. The summed E-state index contributed by atoms with van der Waals surface area (Å²) >= 11 is 0. The van der Waals surface area contributed by atoms with E-state index >= 15 is 0 Å². The van der Waals surface area contributed by atoms with E-state index < -0.39 is 29.2 Å². The fraction of sp³-hybridized carbons (Fsp3) is 0.300. The molecule has 0 aliphatic rings. The van der Waals surface area contributed by atoms with Gasteiger partial charge in [0.05, 0.1) is 0 Å². The van der Waals surface area contributed by atoms with E-state index in [4.69, 9.17) is 10.2 Å². The number of halogens is 3. The molecule has 1 aromatic carbocycles. The molecule has 0 radical (unpaired) electrons. The number of phenols is 1. The van der Waals surface area contributed by atoms with Crippen LogP contribution in [0.25, 0.3) is 0 Å². The van der Waals surface area contributed by atoms with Gasteiger partial charge in [0.1, 0.15) is 0 Å². The molecule has 0 unspecified atom stereocenters. The molecule has 0 aliphatic carbocycles. The minimum atomic E-state index is -1.64. The van der Waals surface area contributed by atoms with Gasteiger partial charge in [-0.05, 0) is 24.5 Å². The molecular weight excluding hydrogens is 225 g/mol. The molecule has 0 heterocycles. The van der Waals surface area contributed by atoms with E-state index in [-0.39, 0.29) is 24.8 Å². The second kappa shape index (κ2) is 4.87. The molecule has 0 aliphatic heterocycles. The van der Waals surface area contributed by atoms with Crippen molar-refractivity contribution in [2.75, 3.05) is 0 Å². The molecule has 88 valence electrons. The molecule has 3 nitrogen and oxygen atoms in total. The van der Waals surface area contributed by atoms with Crippen LogP contribution in [0.5, 0.6) is 5.75 Å². The predicted octanol–water partition coefficient (Wildman–Crippen LogP) is 2.22. The summed E-state index contributed by atoms with van der Waals surface area (Å²) in [6.07, 6.45) is -0.209. The fourth-order valence-corrected chi connectivity index (χ4v) is 1.25. The van der Waals surface area contributed by atoms with Gasteiger partial charge in [-0.15, -0.1) is 0 Å². The SMILES string of the molecule is O=C(O)CCCc1cc(F)c(F)c(O)c1F.